The van der Waals surface area contributed by atoms with Crippen LogP contribution in [0.4, 0.5) is 0 Å². The first-order valence-electron chi connectivity index (χ1n) is 8.74. The maximum atomic E-state index is 12.6. The van der Waals surface area contributed by atoms with E-state index >= 15 is 0 Å². The van der Waals surface area contributed by atoms with E-state index in [4.69, 9.17) is 4.52 Å². The van der Waals surface area contributed by atoms with Crippen LogP contribution in [0, 0.1) is 0 Å². The maximum Gasteiger partial charge on any atom is 0.249 e. The van der Waals surface area contributed by atoms with Crippen molar-refractivity contribution in [2.45, 2.75) is 18.9 Å². The normalized spacial score (nSPS) is 17.1. The van der Waals surface area contributed by atoms with Gasteiger partial charge >= 0.3 is 0 Å². The molecule has 5 heteroatoms. The van der Waals surface area contributed by atoms with Crippen molar-refractivity contribution < 1.29 is 9.32 Å². The zero-order chi connectivity index (χ0) is 17.8. The van der Waals surface area contributed by atoms with Gasteiger partial charge in [-0.05, 0) is 24.5 Å². The molecule has 1 aromatic heterocycles. The lowest BCUT2D eigenvalue weighted by Gasteiger charge is -2.20. The van der Waals surface area contributed by atoms with Gasteiger partial charge in [-0.15, -0.1) is 0 Å². The summed E-state index contributed by atoms with van der Waals surface area (Å²) >= 11 is 0. The van der Waals surface area contributed by atoms with Crippen LogP contribution in [-0.4, -0.2) is 27.5 Å². The maximum absolute atomic E-state index is 12.6. The number of carbonyl (C=O) groups is 1. The summed E-state index contributed by atoms with van der Waals surface area (Å²) in [6, 6.07) is 19.3. The molecule has 4 rings (SSSR count). The molecule has 130 valence electrons. The van der Waals surface area contributed by atoms with Crippen LogP contribution in [0.1, 0.15) is 30.3 Å². The van der Waals surface area contributed by atoms with E-state index in [9.17, 15) is 4.79 Å². The van der Waals surface area contributed by atoms with Gasteiger partial charge in [0.05, 0.1) is 0 Å². The molecule has 1 aliphatic heterocycles. The van der Waals surface area contributed by atoms with Crippen LogP contribution in [0.3, 0.4) is 0 Å². The molecule has 0 aliphatic carbocycles. The summed E-state index contributed by atoms with van der Waals surface area (Å²) in [5.41, 5.74) is 1.91. The molecule has 0 radical (unpaired) electrons. The van der Waals surface area contributed by atoms with Gasteiger partial charge in [0.25, 0.3) is 0 Å². The van der Waals surface area contributed by atoms with Crippen molar-refractivity contribution in [2.24, 2.45) is 0 Å². The van der Waals surface area contributed by atoms with Crippen molar-refractivity contribution in [3.8, 4) is 11.4 Å². The number of amides is 1. The predicted octanol–water partition coefficient (Wildman–Crippen LogP) is 4.11. The summed E-state index contributed by atoms with van der Waals surface area (Å²) in [6.07, 6.45) is 5.21. The van der Waals surface area contributed by atoms with Gasteiger partial charge in [-0.3, -0.25) is 4.79 Å². The van der Waals surface area contributed by atoms with Gasteiger partial charge in [0, 0.05) is 18.2 Å². The average molecular weight is 345 g/mol. The standard InChI is InChI=1S/C21H19N3O2/c25-19(14-13-16-8-3-1-4-9-16)24-15-7-12-18(24)21-22-20(23-26-21)17-10-5-2-6-11-17/h1-6,8-11,13-14,18H,7,12,15H2/b14-13+. The first kappa shape index (κ1) is 16.3. The van der Waals surface area contributed by atoms with E-state index in [-0.39, 0.29) is 11.9 Å². The van der Waals surface area contributed by atoms with Crippen molar-refractivity contribution in [2.75, 3.05) is 6.54 Å². The Morgan fingerprint density at radius 1 is 1.08 bits per heavy atom. The fourth-order valence-corrected chi connectivity index (χ4v) is 3.19. The van der Waals surface area contributed by atoms with Crippen LogP contribution < -0.4 is 0 Å². The topological polar surface area (TPSA) is 59.2 Å². The van der Waals surface area contributed by atoms with Gasteiger partial charge in [0.2, 0.25) is 17.6 Å². The molecule has 3 aromatic rings. The number of hydrogen-bond donors (Lipinski definition) is 0. The quantitative estimate of drug-likeness (QED) is 0.668. The SMILES string of the molecule is O=C(/C=C/c1ccccc1)N1CCCC1c1nc(-c2ccccc2)no1. The van der Waals surface area contributed by atoms with E-state index in [1.807, 2.05) is 71.6 Å². The third kappa shape index (κ3) is 3.42. The number of hydrogen-bond acceptors (Lipinski definition) is 4. The van der Waals surface area contributed by atoms with Crippen LogP contribution in [0.25, 0.3) is 17.5 Å². The molecule has 26 heavy (non-hydrogen) atoms. The molecule has 0 spiro atoms. The second kappa shape index (κ2) is 7.35. The third-order valence-corrected chi connectivity index (χ3v) is 4.51. The van der Waals surface area contributed by atoms with E-state index in [1.165, 1.54) is 0 Å². The van der Waals surface area contributed by atoms with Crippen molar-refractivity contribution in [3.63, 3.8) is 0 Å². The zero-order valence-electron chi connectivity index (χ0n) is 14.3. The fourth-order valence-electron chi connectivity index (χ4n) is 3.19. The van der Waals surface area contributed by atoms with E-state index in [0.717, 1.165) is 24.0 Å². The van der Waals surface area contributed by atoms with Crippen molar-refractivity contribution in [1.82, 2.24) is 15.0 Å². The second-order valence-electron chi connectivity index (χ2n) is 6.26. The van der Waals surface area contributed by atoms with E-state index in [0.29, 0.717) is 18.3 Å². The summed E-state index contributed by atoms with van der Waals surface area (Å²) in [6.45, 7) is 0.700. The highest BCUT2D eigenvalue weighted by Crippen LogP contribution is 2.32. The molecule has 1 saturated heterocycles. The molecule has 1 fully saturated rings. The summed E-state index contributed by atoms with van der Waals surface area (Å²) in [5.74, 6) is 1.03. The van der Waals surface area contributed by atoms with Gasteiger partial charge in [0.15, 0.2) is 0 Å². The number of aromatic nitrogens is 2. The summed E-state index contributed by atoms with van der Waals surface area (Å²) < 4.78 is 5.47. The van der Waals surface area contributed by atoms with Gasteiger partial charge in [-0.1, -0.05) is 65.8 Å². The number of benzene rings is 2. The smallest absolute Gasteiger partial charge is 0.249 e. The van der Waals surface area contributed by atoms with Crippen LogP contribution in [-0.2, 0) is 4.79 Å². The average Bonchev–Trinajstić information content (AvgIpc) is 3.37. The lowest BCUT2D eigenvalue weighted by atomic mass is 10.2. The van der Waals surface area contributed by atoms with Crippen molar-refractivity contribution >= 4 is 12.0 Å². The highest BCUT2D eigenvalue weighted by molar-refractivity contribution is 5.92. The molecule has 1 aliphatic rings. The van der Waals surface area contributed by atoms with Gasteiger partial charge in [-0.2, -0.15) is 4.98 Å². The highest BCUT2D eigenvalue weighted by Gasteiger charge is 2.33. The Hall–Kier alpha value is -3.21. The van der Waals surface area contributed by atoms with Gasteiger partial charge < -0.3 is 9.42 Å². The Morgan fingerprint density at radius 2 is 1.81 bits per heavy atom. The Kier molecular flexibility index (Phi) is 4.60. The number of nitrogens with zero attached hydrogens (tertiary/aromatic N) is 3. The first-order valence-corrected chi connectivity index (χ1v) is 8.74. The lowest BCUT2D eigenvalue weighted by molar-refractivity contribution is -0.127. The first-order chi connectivity index (χ1) is 12.8. The molecule has 2 heterocycles. The third-order valence-electron chi connectivity index (χ3n) is 4.51. The molecule has 1 unspecified atom stereocenters. The largest absolute Gasteiger partial charge is 0.337 e. The molecular formula is C21H19N3O2. The van der Waals surface area contributed by atoms with Gasteiger partial charge in [-0.25, -0.2) is 0 Å². The van der Waals surface area contributed by atoms with Crippen molar-refractivity contribution in [3.05, 3.63) is 78.2 Å². The summed E-state index contributed by atoms with van der Waals surface area (Å²) in [5, 5.41) is 4.08. The molecule has 2 aromatic carbocycles. The Bertz CT molecular complexity index is 903. The number of carbonyl (C=O) groups excluding carboxylic acids is 1. The minimum atomic E-state index is -0.159. The predicted molar refractivity (Wildman–Crippen MR) is 98.9 cm³/mol. The molecule has 0 saturated carbocycles. The summed E-state index contributed by atoms with van der Waals surface area (Å²) in [7, 11) is 0. The molecule has 0 N–H and O–H groups in total. The molecule has 5 nitrogen and oxygen atoms in total. The molecule has 1 amide bonds. The fraction of sp³-hybridized carbons (Fsp3) is 0.190. The van der Waals surface area contributed by atoms with E-state index < -0.39 is 0 Å². The highest BCUT2D eigenvalue weighted by atomic mass is 16.5. The van der Waals surface area contributed by atoms with Crippen molar-refractivity contribution in [1.29, 1.82) is 0 Å². The summed E-state index contributed by atoms with van der Waals surface area (Å²) in [4.78, 5) is 19.0. The monoisotopic (exact) mass is 345 g/mol. The Labute approximate surface area is 152 Å². The second-order valence-corrected chi connectivity index (χ2v) is 6.26. The van der Waals surface area contributed by atoms with Gasteiger partial charge in [0.1, 0.15) is 6.04 Å². The minimum absolute atomic E-state index is 0.0317. The number of likely N-dealkylation sites (tertiary alicyclic amines) is 1. The molecule has 1 atom stereocenters. The zero-order valence-corrected chi connectivity index (χ0v) is 14.3. The Morgan fingerprint density at radius 3 is 2.58 bits per heavy atom. The van der Waals surface area contributed by atoms with E-state index in [2.05, 4.69) is 10.1 Å². The minimum Gasteiger partial charge on any atom is -0.337 e. The molecule has 0 bridgehead atoms. The van der Waals surface area contributed by atoms with Crippen LogP contribution in [0.5, 0.6) is 0 Å². The van der Waals surface area contributed by atoms with Crippen LogP contribution >= 0.6 is 0 Å². The van der Waals surface area contributed by atoms with Crippen LogP contribution in [0.2, 0.25) is 0 Å². The lowest BCUT2D eigenvalue weighted by Crippen LogP contribution is -2.29. The Balaban J connectivity index is 1.51. The number of rotatable bonds is 4. The molecular weight excluding hydrogens is 326 g/mol. The van der Waals surface area contributed by atoms with E-state index in [1.54, 1.807) is 6.08 Å². The van der Waals surface area contributed by atoms with Crippen LogP contribution in [0.15, 0.2) is 71.3 Å².